The lowest BCUT2D eigenvalue weighted by Crippen LogP contribution is -2.21. The molecule has 0 aromatic heterocycles. The van der Waals surface area contributed by atoms with Gasteiger partial charge in [-0.05, 0) is 18.4 Å². The van der Waals surface area contributed by atoms with Gasteiger partial charge < -0.3 is 0 Å². The van der Waals surface area contributed by atoms with Crippen molar-refractivity contribution >= 4 is 10.0 Å². The van der Waals surface area contributed by atoms with Crippen LogP contribution < -0.4 is 4.72 Å². The lowest BCUT2D eigenvalue weighted by Gasteiger charge is -2.11. The molecule has 0 aliphatic heterocycles. The van der Waals surface area contributed by atoms with E-state index >= 15 is 0 Å². The fourth-order valence-corrected chi connectivity index (χ4v) is 1.60. The van der Waals surface area contributed by atoms with Crippen molar-refractivity contribution in [1.82, 2.24) is 4.72 Å². The highest BCUT2D eigenvalue weighted by Crippen LogP contribution is 2.13. The third kappa shape index (κ3) is 3.09. The van der Waals surface area contributed by atoms with Gasteiger partial charge in [0.05, 0.1) is 6.26 Å². The van der Waals surface area contributed by atoms with Gasteiger partial charge >= 0.3 is 0 Å². The van der Waals surface area contributed by atoms with Gasteiger partial charge in [-0.15, -0.1) is 0 Å². The van der Waals surface area contributed by atoms with E-state index in [0.29, 0.717) is 11.6 Å². The summed E-state index contributed by atoms with van der Waals surface area (Å²) in [6, 6.07) is 0. The van der Waals surface area contributed by atoms with Crippen LogP contribution in [0.5, 0.6) is 0 Å². The van der Waals surface area contributed by atoms with E-state index in [9.17, 15) is 8.42 Å². The lowest BCUT2D eigenvalue weighted by molar-refractivity contribution is 0.594. The Labute approximate surface area is 73.2 Å². The molecule has 0 spiro atoms. The summed E-state index contributed by atoms with van der Waals surface area (Å²) < 4.78 is 24.0. The second-order valence-corrected chi connectivity index (χ2v) is 4.85. The van der Waals surface area contributed by atoms with Crippen LogP contribution >= 0.6 is 0 Å². The van der Waals surface area contributed by atoms with Crippen LogP contribution in [0.25, 0.3) is 0 Å². The predicted octanol–water partition coefficient (Wildman–Crippen LogP) is 1.02. The summed E-state index contributed by atoms with van der Waals surface area (Å²) in [6.45, 7) is 2.09. The molecule has 1 rings (SSSR count). The van der Waals surface area contributed by atoms with Crippen molar-refractivity contribution in [2.45, 2.75) is 13.3 Å². The summed E-state index contributed by atoms with van der Waals surface area (Å²) >= 11 is 0. The highest BCUT2D eigenvalue weighted by atomic mass is 32.2. The van der Waals surface area contributed by atoms with Gasteiger partial charge in [0.1, 0.15) is 0 Å². The number of hydrogen-bond acceptors (Lipinski definition) is 2. The van der Waals surface area contributed by atoms with Gasteiger partial charge in [0, 0.05) is 5.70 Å². The zero-order valence-electron chi connectivity index (χ0n) is 7.24. The molecule has 0 aromatic carbocycles. The van der Waals surface area contributed by atoms with Crippen LogP contribution in [0, 0.1) is 5.92 Å². The molecule has 0 saturated heterocycles. The van der Waals surface area contributed by atoms with Crippen LogP contribution in [0.2, 0.25) is 0 Å². The molecule has 0 aromatic rings. The van der Waals surface area contributed by atoms with Gasteiger partial charge in [-0.2, -0.15) is 0 Å². The highest BCUT2D eigenvalue weighted by Gasteiger charge is 2.06. The average Bonchev–Trinajstić information content (AvgIpc) is 1.91. The molecule has 1 aliphatic rings. The Bertz CT molecular complexity index is 314. The number of sulfonamides is 1. The van der Waals surface area contributed by atoms with Gasteiger partial charge in [0.25, 0.3) is 0 Å². The first-order chi connectivity index (χ1) is 5.47. The van der Waals surface area contributed by atoms with Crippen LogP contribution in [0.1, 0.15) is 13.3 Å². The van der Waals surface area contributed by atoms with Gasteiger partial charge in [-0.3, -0.25) is 4.72 Å². The van der Waals surface area contributed by atoms with Crippen molar-refractivity contribution in [1.29, 1.82) is 0 Å². The summed E-state index contributed by atoms with van der Waals surface area (Å²) in [4.78, 5) is 0. The summed E-state index contributed by atoms with van der Waals surface area (Å²) in [5.41, 5.74) is 0.676. The third-order valence-corrected chi connectivity index (χ3v) is 2.22. The first kappa shape index (κ1) is 9.32. The van der Waals surface area contributed by atoms with E-state index < -0.39 is 10.0 Å². The van der Waals surface area contributed by atoms with E-state index in [1.54, 1.807) is 6.08 Å². The quantitative estimate of drug-likeness (QED) is 0.701. The standard InChI is InChI=1S/C8H13NO2S/c1-7-3-5-8(6-4-7)9-12(2,10)11/h3,5-7,9H,4H2,1-2H3. The van der Waals surface area contributed by atoms with E-state index in [1.165, 1.54) is 0 Å². The number of nitrogens with one attached hydrogen (secondary N) is 1. The van der Waals surface area contributed by atoms with Crippen molar-refractivity contribution in [3.8, 4) is 0 Å². The molecule has 1 atom stereocenters. The first-order valence-corrected chi connectivity index (χ1v) is 5.72. The number of allylic oxidation sites excluding steroid dienone is 3. The fraction of sp³-hybridized carbons (Fsp3) is 0.500. The Morgan fingerprint density at radius 1 is 1.58 bits per heavy atom. The molecule has 0 amide bonds. The zero-order valence-corrected chi connectivity index (χ0v) is 8.06. The van der Waals surface area contributed by atoms with Crippen LogP contribution in [0.15, 0.2) is 23.9 Å². The minimum atomic E-state index is -3.11. The molecule has 68 valence electrons. The maximum atomic E-state index is 10.8. The number of rotatable bonds is 2. The van der Waals surface area contributed by atoms with E-state index in [0.717, 1.165) is 12.7 Å². The molecule has 0 bridgehead atoms. The molecule has 12 heavy (non-hydrogen) atoms. The van der Waals surface area contributed by atoms with Crippen molar-refractivity contribution in [3.63, 3.8) is 0 Å². The Kier molecular flexibility index (Phi) is 2.57. The average molecular weight is 187 g/mol. The van der Waals surface area contributed by atoms with Crippen molar-refractivity contribution in [2.75, 3.05) is 6.26 Å². The molecule has 4 heteroatoms. The monoisotopic (exact) mass is 187 g/mol. The smallest absolute Gasteiger partial charge is 0.229 e. The fourth-order valence-electron chi connectivity index (χ4n) is 1.02. The molecule has 1 unspecified atom stereocenters. The Hall–Kier alpha value is -0.770. The summed E-state index contributed by atoms with van der Waals surface area (Å²) in [7, 11) is -3.11. The minimum absolute atomic E-state index is 0.509. The summed E-state index contributed by atoms with van der Waals surface area (Å²) in [5.74, 6) is 0.509. The summed E-state index contributed by atoms with van der Waals surface area (Å²) in [5, 5.41) is 0. The first-order valence-electron chi connectivity index (χ1n) is 3.83. The second-order valence-electron chi connectivity index (χ2n) is 3.11. The van der Waals surface area contributed by atoms with Crippen LogP contribution in [-0.4, -0.2) is 14.7 Å². The minimum Gasteiger partial charge on any atom is -0.284 e. The van der Waals surface area contributed by atoms with E-state index in [1.807, 2.05) is 12.2 Å². The normalized spacial score (nSPS) is 23.5. The van der Waals surface area contributed by atoms with E-state index in [4.69, 9.17) is 0 Å². The maximum Gasteiger partial charge on any atom is 0.229 e. The molecule has 0 fully saturated rings. The predicted molar refractivity (Wildman–Crippen MR) is 49.0 cm³/mol. The SMILES string of the molecule is CC1C=CC(NS(C)(=O)=O)=CC1. The molecule has 0 heterocycles. The van der Waals surface area contributed by atoms with Crippen LogP contribution in [0.3, 0.4) is 0 Å². The van der Waals surface area contributed by atoms with Crippen molar-refractivity contribution in [2.24, 2.45) is 5.92 Å². The van der Waals surface area contributed by atoms with Gasteiger partial charge in [-0.25, -0.2) is 8.42 Å². The molecule has 0 radical (unpaired) electrons. The van der Waals surface area contributed by atoms with Crippen molar-refractivity contribution < 1.29 is 8.42 Å². The zero-order chi connectivity index (χ0) is 9.19. The Morgan fingerprint density at radius 3 is 2.67 bits per heavy atom. The Balaban J connectivity index is 2.63. The molecule has 1 N–H and O–H groups in total. The Morgan fingerprint density at radius 2 is 2.25 bits per heavy atom. The maximum absolute atomic E-state index is 10.8. The van der Waals surface area contributed by atoms with Gasteiger partial charge in [0.2, 0.25) is 10.0 Å². The van der Waals surface area contributed by atoms with Gasteiger partial charge in [0.15, 0.2) is 0 Å². The van der Waals surface area contributed by atoms with Crippen molar-refractivity contribution in [3.05, 3.63) is 23.9 Å². The highest BCUT2D eigenvalue weighted by molar-refractivity contribution is 7.88. The van der Waals surface area contributed by atoms with Gasteiger partial charge in [-0.1, -0.05) is 19.1 Å². The van der Waals surface area contributed by atoms with Crippen LogP contribution in [-0.2, 0) is 10.0 Å². The van der Waals surface area contributed by atoms with E-state index in [-0.39, 0.29) is 0 Å². The molecular weight excluding hydrogens is 174 g/mol. The summed E-state index contributed by atoms with van der Waals surface area (Å²) in [6.07, 6.45) is 7.74. The third-order valence-electron chi connectivity index (χ3n) is 1.62. The molecule has 0 saturated carbocycles. The van der Waals surface area contributed by atoms with Crippen LogP contribution in [0.4, 0.5) is 0 Å². The largest absolute Gasteiger partial charge is 0.284 e. The topological polar surface area (TPSA) is 46.2 Å². The molecular formula is C8H13NO2S. The molecule has 1 aliphatic carbocycles. The second kappa shape index (κ2) is 3.31. The lowest BCUT2D eigenvalue weighted by atomic mass is 10.0. The number of hydrogen-bond donors (Lipinski definition) is 1. The van der Waals surface area contributed by atoms with E-state index in [2.05, 4.69) is 11.6 Å². The molecule has 3 nitrogen and oxygen atoms in total.